The van der Waals surface area contributed by atoms with Crippen molar-refractivity contribution in [1.29, 1.82) is 0 Å². The largest absolute Gasteiger partial charge is 0.352 e. The highest BCUT2D eigenvalue weighted by Gasteiger charge is 2.05. The van der Waals surface area contributed by atoms with Gasteiger partial charge in [0.25, 0.3) is 5.91 Å². The maximum absolute atomic E-state index is 11.9. The fourth-order valence-corrected chi connectivity index (χ4v) is 1.95. The van der Waals surface area contributed by atoms with Gasteiger partial charge in [0.15, 0.2) is 0 Å². The van der Waals surface area contributed by atoms with Gasteiger partial charge in [0.2, 0.25) is 0 Å². The first-order valence-electron chi connectivity index (χ1n) is 6.27. The zero-order valence-corrected chi connectivity index (χ0v) is 11.6. The summed E-state index contributed by atoms with van der Waals surface area (Å²) < 4.78 is 0. The number of carbonyl (C=O) groups excluding carboxylic acids is 2. The van der Waals surface area contributed by atoms with E-state index in [0.717, 1.165) is 18.3 Å². The maximum atomic E-state index is 11.9. The molecule has 0 heterocycles. The number of carbonyl (C=O) groups is 2. The van der Waals surface area contributed by atoms with E-state index in [-0.39, 0.29) is 5.91 Å². The van der Waals surface area contributed by atoms with Crippen molar-refractivity contribution < 1.29 is 9.59 Å². The van der Waals surface area contributed by atoms with Crippen LogP contribution in [0.3, 0.4) is 0 Å². The topological polar surface area (TPSA) is 46.2 Å². The summed E-state index contributed by atoms with van der Waals surface area (Å²) in [4.78, 5) is 22.6. The molecule has 0 fully saturated rings. The van der Waals surface area contributed by atoms with E-state index in [0.29, 0.717) is 22.7 Å². The summed E-state index contributed by atoms with van der Waals surface area (Å²) in [5.74, 6) is -0.178. The van der Waals surface area contributed by atoms with Crippen molar-refractivity contribution in [3.63, 3.8) is 0 Å². The molecule has 0 unspecified atom stereocenters. The quantitative estimate of drug-likeness (QED) is 0.859. The Morgan fingerprint density at radius 3 is 2.60 bits per heavy atom. The van der Waals surface area contributed by atoms with E-state index in [4.69, 9.17) is 11.6 Å². The molecule has 0 aromatic heterocycles. The third-order valence-electron chi connectivity index (χ3n) is 2.90. The summed E-state index contributed by atoms with van der Waals surface area (Å²) in [5, 5.41) is 3.52. The lowest BCUT2D eigenvalue weighted by molar-refractivity contribution is 0.0954. The maximum Gasteiger partial charge on any atom is 0.251 e. The Morgan fingerprint density at radius 2 is 1.90 bits per heavy atom. The molecule has 3 nitrogen and oxygen atoms in total. The molecule has 2 aromatic rings. The molecule has 0 saturated carbocycles. The molecule has 0 atom stereocenters. The minimum absolute atomic E-state index is 0.178. The normalized spacial score (nSPS) is 10.1. The second-order valence-corrected chi connectivity index (χ2v) is 4.81. The number of benzene rings is 2. The predicted octanol–water partition coefficient (Wildman–Crippen LogP) is 3.13. The number of amides is 1. The van der Waals surface area contributed by atoms with Crippen LogP contribution in [-0.2, 0) is 6.42 Å². The van der Waals surface area contributed by atoms with Crippen molar-refractivity contribution in [1.82, 2.24) is 5.32 Å². The van der Waals surface area contributed by atoms with E-state index >= 15 is 0 Å². The molecule has 0 bridgehead atoms. The minimum atomic E-state index is -0.178. The van der Waals surface area contributed by atoms with Gasteiger partial charge in [0.05, 0.1) is 0 Å². The summed E-state index contributed by atoms with van der Waals surface area (Å²) in [5.41, 5.74) is 2.09. The molecule has 0 aliphatic rings. The van der Waals surface area contributed by atoms with Crippen molar-refractivity contribution in [3.05, 3.63) is 70.2 Å². The smallest absolute Gasteiger partial charge is 0.251 e. The monoisotopic (exact) mass is 287 g/mol. The lowest BCUT2D eigenvalue weighted by Gasteiger charge is -2.06. The van der Waals surface area contributed by atoms with E-state index < -0.39 is 0 Å². The molecular formula is C16H14ClNO2. The molecule has 4 heteroatoms. The number of hydrogen-bond acceptors (Lipinski definition) is 2. The van der Waals surface area contributed by atoms with E-state index in [2.05, 4.69) is 5.32 Å². The summed E-state index contributed by atoms with van der Waals surface area (Å²) >= 11 is 5.81. The molecule has 0 aliphatic heterocycles. The minimum Gasteiger partial charge on any atom is -0.352 e. The molecule has 102 valence electrons. The number of rotatable bonds is 5. The highest BCUT2D eigenvalue weighted by atomic mass is 35.5. The van der Waals surface area contributed by atoms with Gasteiger partial charge >= 0.3 is 0 Å². The van der Waals surface area contributed by atoms with Gasteiger partial charge < -0.3 is 5.32 Å². The molecule has 0 aliphatic carbocycles. The van der Waals surface area contributed by atoms with Crippen LogP contribution in [0.4, 0.5) is 0 Å². The molecular weight excluding hydrogens is 274 g/mol. The number of nitrogens with one attached hydrogen (secondary N) is 1. The van der Waals surface area contributed by atoms with Crippen LogP contribution in [0.1, 0.15) is 26.3 Å². The summed E-state index contributed by atoms with van der Waals surface area (Å²) in [6.45, 7) is 0.534. The summed E-state index contributed by atoms with van der Waals surface area (Å²) in [6, 6.07) is 14.1. The van der Waals surface area contributed by atoms with Crippen LogP contribution in [0.25, 0.3) is 0 Å². The van der Waals surface area contributed by atoms with E-state index in [1.165, 1.54) is 0 Å². The van der Waals surface area contributed by atoms with Gasteiger partial charge in [-0.3, -0.25) is 9.59 Å². The van der Waals surface area contributed by atoms with Crippen LogP contribution in [0.5, 0.6) is 0 Å². The Labute approximate surface area is 122 Å². The first-order valence-corrected chi connectivity index (χ1v) is 6.65. The lowest BCUT2D eigenvalue weighted by atomic mass is 10.1. The Morgan fingerprint density at radius 1 is 1.15 bits per heavy atom. The summed E-state index contributed by atoms with van der Waals surface area (Å²) in [7, 11) is 0. The molecule has 20 heavy (non-hydrogen) atoms. The van der Waals surface area contributed by atoms with Gasteiger partial charge in [-0.05, 0) is 36.2 Å². The molecule has 1 amide bonds. The van der Waals surface area contributed by atoms with E-state index in [1.807, 2.05) is 24.3 Å². The zero-order valence-electron chi connectivity index (χ0n) is 10.8. The molecule has 2 rings (SSSR count). The predicted molar refractivity (Wildman–Crippen MR) is 79.3 cm³/mol. The van der Waals surface area contributed by atoms with Gasteiger partial charge in [-0.15, -0.1) is 0 Å². The number of halogens is 1. The second-order valence-electron chi connectivity index (χ2n) is 4.38. The van der Waals surface area contributed by atoms with Gasteiger partial charge in [-0.25, -0.2) is 0 Å². The molecule has 0 radical (unpaired) electrons. The Hall–Kier alpha value is -2.13. The molecule has 0 saturated heterocycles. The Kier molecular flexibility index (Phi) is 4.91. The van der Waals surface area contributed by atoms with Gasteiger partial charge in [0.1, 0.15) is 6.29 Å². The molecule has 1 N–H and O–H groups in total. The Bertz CT molecular complexity index is 608. The van der Waals surface area contributed by atoms with Gasteiger partial charge in [0, 0.05) is 22.7 Å². The standard InChI is InChI=1S/C16H14ClNO2/c17-15-6-4-12(5-7-15)8-9-18-16(20)14-3-1-2-13(10-14)11-19/h1-7,10-11H,8-9H2,(H,18,20). The van der Waals surface area contributed by atoms with Crippen molar-refractivity contribution in [3.8, 4) is 0 Å². The first kappa shape index (κ1) is 14.3. The van der Waals surface area contributed by atoms with Crippen molar-refractivity contribution >= 4 is 23.8 Å². The van der Waals surface area contributed by atoms with Crippen LogP contribution in [0.15, 0.2) is 48.5 Å². The third kappa shape index (κ3) is 3.93. The van der Waals surface area contributed by atoms with E-state index in [1.54, 1.807) is 24.3 Å². The van der Waals surface area contributed by atoms with Crippen molar-refractivity contribution in [2.75, 3.05) is 6.54 Å². The third-order valence-corrected chi connectivity index (χ3v) is 3.15. The average molecular weight is 288 g/mol. The first-order chi connectivity index (χ1) is 9.69. The van der Waals surface area contributed by atoms with Gasteiger partial charge in [-0.2, -0.15) is 0 Å². The van der Waals surface area contributed by atoms with E-state index in [9.17, 15) is 9.59 Å². The van der Waals surface area contributed by atoms with Crippen LogP contribution in [0.2, 0.25) is 5.02 Å². The number of aldehydes is 1. The molecule has 2 aromatic carbocycles. The second kappa shape index (κ2) is 6.87. The SMILES string of the molecule is O=Cc1cccc(C(=O)NCCc2ccc(Cl)cc2)c1. The zero-order chi connectivity index (χ0) is 14.4. The number of hydrogen-bond donors (Lipinski definition) is 1. The fourth-order valence-electron chi connectivity index (χ4n) is 1.83. The van der Waals surface area contributed by atoms with Crippen LogP contribution < -0.4 is 5.32 Å². The van der Waals surface area contributed by atoms with Crippen LogP contribution in [-0.4, -0.2) is 18.7 Å². The highest BCUT2D eigenvalue weighted by molar-refractivity contribution is 6.30. The highest BCUT2D eigenvalue weighted by Crippen LogP contribution is 2.09. The average Bonchev–Trinajstić information content (AvgIpc) is 2.49. The van der Waals surface area contributed by atoms with Crippen LogP contribution >= 0.6 is 11.6 Å². The Balaban J connectivity index is 1.88. The van der Waals surface area contributed by atoms with Crippen LogP contribution in [0, 0.1) is 0 Å². The van der Waals surface area contributed by atoms with Gasteiger partial charge in [-0.1, -0.05) is 35.9 Å². The van der Waals surface area contributed by atoms with Crippen molar-refractivity contribution in [2.45, 2.75) is 6.42 Å². The fraction of sp³-hybridized carbons (Fsp3) is 0.125. The lowest BCUT2D eigenvalue weighted by Crippen LogP contribution is -2.25. The van der Waals surface area contributed by atoms with Crippen molar-refractivity contribution in [2.24, 2.45) is 0 Å². The summed E-state index contributed by atoms with van der Waals surface area (Å²) in [6.07, 6.45) is 1.46. The molecule has 0 spiro atoms.